The summed E-state index contributed by atoms with van der Waals surface area (Å²) < 4.78 is 0. The Morgan fingerprint density at radius 1 is 1.39 bits per heavy atom. The van der Waals surface area contributed by atoms with Crippen LogP contribution in [0.5, 0.6) is 0 Å². The molecule has 2 aliphatic heterocycles. The molecular weight excluding hydrogens is 294 g/mol. The lowest BCUT2D eigenvalue weighted by Gasteiger charge is -2.42. The van der Waals surface area contributed by atoms with Crippen molar-refractivity contribution in [1.29, 1.82) is 0 Å². The summed E-state index contributed by atoms with van der Waals surface area (Å²) in [5.41, 5.74) is 1.02. The number of carbonyl (C=O) groups is 2. The second kappa shape index (κ2) is 7.93. The van der Waals surface area contributed by atoms with Gasteiger partial charge in [0.1, 0.15) is 0 Å². The Labute approximate surface area is 138 Å². The number of nitrogens with one attached hydrogen (secondary N) is 1. The molecule has 0 saturated carbocycles. The van der Waals surface area contributed by atoms with Crippen LogP contribution in [0, 0.1) is 5.41 Å². The SMILES string of the molecule is CC(C)=CC[C@@]1(CO)CCCN(C(=O)CN2CCNC(=O)C2)C1. The minimum Gasteiger partial charge on any atom is -0.396 e. The first-order chi connectivity index (χ1) is 10.9. The molecule has 130 valence electrons. The van der Waals surface area contributed by atoms with Gasteiger partial charge in [0.25, 0.3) is 0 Å². The van der Waals surface area contributed by atoms with Crippen LogP contribution in [0.4, 0.5) is 0 Å². The molecule has 6 nitrogen and oxygen atoms in total. The topological polar surface area (TPSA) is 72.9 Å². The molecule has 0 bridgehead atoms. The standard InChI is InChI=1S/C17H29N3O3/c1-14(2)4-6-17(13-21)5-3-8-20(12-17)16(23)11-19-9-7-18-15(22)10-19/h4,21H,3,5-13H2,1-2H3,(H,18,22)/t17-/m0/s1. The van der Waals surface area contributed by atoms with Crippen LogP contribution in [0.2, 0.25) is 0 Å². The normalized spacial score (nSPS) is 25.9. The summed E-state index contributed by atoms with van der Waals surface area (Å²) in [6.45, 7) is 7.46. The maximum Gasteiger partial charge on any atom is 0.236 e. The molecular formula is C17H29N3O3. The van der Waals surface area contributed by atoms with Crippen LogP contribution < -0.4 is 5.32 Å². The van der Waals surface area contributed by atoms with Gasteiger partial charge in [-0.1, -0.05) is 11.6 Å². The quantitative estimate of drug-likeness (QED) is 0.717. The average molecular weight is 323 g/mol. The summed E-state index contributed by atoms with van der Waals surface area (Å²) in [5.74, 6) is 0.0467. The van der Waals surface area contributed by atoms with Crippen LogP contribution in [-0.2, 0) is 9.59 Å². The lowest BCUT2D eigenvalue weighted by atomic mass is 9.77. The van der Waals surface area contributed by atoms with Gasteiger partial charge in [-0.2, -0.15) is 0 Å². The highest BCUT2D eigenvalue weighted by atomic mass is 16.3. The molecule has 0 aromatic rings. The molecule has 0 unspecified atom stereocenters. The van der Waals surface area contributed by atoms with Crippen molar-refractivity contribution in [2.45, 2.75) is 33.1 Å². The highest BCUT2D eigenvalue weighted by Crippen LogP contribution is 2.34. The number of hydrogen-bond acceptors (Lipinski definition) is 4. The zero-order valence-corrected chi connectivity index (χ0v) is 14.3. The molecule has 2 N–H and O–H groups in total. The van der Waals surface area contributed by atoms with Crippen molar-refractivity contribution in [3.8, 4) is 0 Å². The van der Waals surface area contributed by atoms with Crippen molar-refractivity contribution in [2.75, 3.05) is 45.9 Å². The Morgan fingerprint density at radius 2 is 2.17 bits per heavy atom. The Morgan fingerprint density at radius 3 is 2.83 bits per heavy atom. The number of aliphatic hydroxyl groups excluding tert-OH is 1. The molecule has 2 heterocycles. The van der Waals surface area contributed by atoms with Crippen LogP contribution in [0.1, 0.15) is 33.1 Å². The number of aliphatic hydroxyl groups is 1. The largest absolute Gasteiger partial charge is 0.396 e. The van der Waals surface area contributed by atoms with Gasteiger partial charge in [0.15, 0.2) is 0 Å². The Balaban J connectivity index is 1.94. The second-order valence-electron chi connectivity index (χ2n) is 7.12. The number of piperidine rings is 1. The van der Waals surface area contributed by atoms with Crippen molar-refractivity contribution in [1.82, 2.24) is 15.1 Å². The summed E-state index contributed by atoms with van der Waals surface area (Å²) in [4.78, 5) is 27.7. The van der Waals surface area contributed by atoms with E-state index in [1.54, 1.807) is 0 Å². The van der Waals surface area contributed by atoms with Gasteiger partial charge in [-0.15, -0.1) is 0 Å². The number of allylic oxidation sites excluding steroid dienone is 2. The summed E-state index contributed by atoms with van der Waals surface area (Å²) in [5, 5.41) is 12.6. The summed E-state index contributed by atoms with van der Waals surface area (Å²) in [7, 11) is 0. The summed E-state index contributed by atoms with van der Waals surface area (Å²) >= 11 is 0. The maximum atomic E-state index is 12.6. The van der Waals surface area contributed by atoms with Crippen molar-refractivity contribution >= 4 is 11.8 Å². The van der Waals surface area contributed by atoms with Crippen molar-refractivity contribution < 1.29 is 14.7 Å². The number of nitrogens with zero attached hydrogens (tertiary/aromatic N) is 2. The Bertz CT molecular complexity index is 474. The van der Waals surface area contributed by atoms with Crippen molar-refractivity contribution in [2.24, 2.45) is 5.41 Å². The molecule has 6 heteroatoms. The molecule has 0 aromatic carbocycles. The number of rotatable bonds is 5. The van der Waals surface area contributed by atoms with Gasteiger partial charge in [0.2, 0.25) is 11.8 Å². The average Bonchev–Trinajstić information content (AvgIpc) is 2.53. The molecule has 23 heavy (non-hydrogen) atoms. The number of carbonyl (C=O) groups excluding carboxylic acids is 2. The third-order valence-corrected chi connectivity index (χ3v) is 4.77. The van der Waals surface area contributed by atoms with E-state index in [0.717, 1.165) is 25.8 Å². The van der Waals surface area contributed by atoms with Crippen LogP contribution in [-0.4, -0.2) is 72.6 Å². The molecule has 2 aliphatic rings. The van der Waals surface area contributed by atoms with Gasteiger partial charge in [-0.3, -0.25) is 14.5 Å². The first-order valence-electron chi connectivity index (χ1n) is 8.45. The molecule has 2 fully saturated rings. The number of piperazine rings is 1. The van der Waals surface area contributed by atoms with Crippen LogP contribution in [0.3, 0.4) is 0 Å². The van der Waals surface area contributed by atoms with Crippen LogP contribution in [0.25, 0.3) is 0 Å². The smallest absolute Gasteiger partial charge is 0.236 e. The van der Waals surface area contributed by atoms with E-state index < -0.39 is 0 Å². The number of likely N-dealkylation sites (tertiary alicyclic amines) is 1. The van der Waals surface area contributed by atoms with Gasteiger partial charge < -0.3 is 15.3 Å². The molecule has 0 radical (unpaired) electrons. The van der Waals surface area contributed by atoms with E-state index in [4.69, 9.17) is 0 Å². The van der Waals surface area contributed by atoms with Gasteiger partial charge in [0, 0.05) is 31.6 Å². The van der Waals surface area contributed by atoms with E-state index in [1.807, 2.05) is 9.80 Å². The first kappa shape index (κ1) is 17.9. The Hall–Kier alpha value is -1.40. The molecule has 0 spiro atoms. The molecule has 0 aliphatic carbocycles. The molecule has 2 amide bonds. The van der Waals surface area contributed by atoms with Gasteiger partial charge in [0.05, 0.1) is 19.7 Å². The van der Waals surface area contributed by atoms with E-state index in [2.05, 4.69) is 25.2 Å². The number of amides is 2. The lowest BCUT2D eigenvalue weighted by molar-refractivity contribution is -0.137. The van der Waals surface area contributed by atoms with Crippen LogP contribution >= 0.6 is 0 Å². The summed E-state index contributed by atoms with van der Waals surface area (Å²) in [6, 6.07) is 0. The van der Waals surface area contributed by atoms with E-state index in [9.17, 15) is 14.7 Å². The van der Waals surface area contributed by atoms with E-state index >= 15 is 0 Å². The maximum absolute atomic E-state index is 12.6. The minimum atomic E-state index is -0.218. The van der Waals surface area contributed by atoms with E-state index in [0.29, 0.717) is 26.2 Å². The zero-order valence-electron chi connectivity index (χ0n) is 14.3. The lowest BCUT2D eigenvalue weighted by Crippen LogP contribution is -2.54. The zero-order chi connectivity index (χ0) is 16.9. The van der Waals surface area contributed by atoms with Crippen LogP contribution in [0.15, 0.2) is 11.6 Å². The van der Waals surface area contributed by atoms with Crippen molar-refractivity contribution in [3.05, 3.63) is 11.6 Å². The third-order valence-electron chi connectivity index (χ3n) is 4.77. The van der Waals surface area contributed by atoms with Gasteiger partial charge in [-0.25, -0.2) is 0 Å². The predicted octanol–water partition coefficient (Wildman–Crippen LogP) is 0.376. The Kier molecular flexibility index (Phi) is 6.18. The van der Waals surface area contributed by atoms with Crippen molar-refractivity contribution in [3.63, 3.8) is 0 Å². The predicted molar refractivity (Wildman–Crippen MR) is 88.8 cm³/mol. The third kappa shape index (κ3) is 5.04. The summed E-state index contributed by atoms with van der Waals surface area (Å²) in [6.07, 6.45) is 4.83. The van der Waals surface area contributed by atoms with E-state index in [1.165, 1.54) is 5.57 Å². The van der Waals surface area contributed by atoms with Gasteiger partial charge >= 0.3 is 0 Å². The highest BCUT2D eigenvalue weighted by Gasteiger charge is 2.36. The fourth-order valence-electron chi connectivity index (χ4n) is 3.32. The highest BCUT2D eigenvalue weighted by molar-refractivity contribution is 5.82. The fourth-order valence-corrected chi connectivity index (χ4v) is 3.32. The number of hydrogen-bond donors (Lipinski definition) is 2. The second-order valence-corrected chi connectivity index (χ2v) is 7.12. The molecule has 0 aromatic heterocycles. The van der Waals surface area contributed by atoms with E-state index in [-0.39, 0.29) is 30.4 Å². The first-order valence-corrected chi connectivity index (χ1v) is 8.45. The molecule has 1 atom stereocenters. The van der Waals surface area contributed by atoms with Gasteiger partial charge in [-0.05, 0) is 33.1 Å². The molecule has 2 saturated heterocycles. The molecule has 2 rings (SSSR count). The monoisotopic (exact) mass is 323 g/mol. The minimum absolute atomic E-state index is 0.0176. The fraction of sp³-hybridized carbons (Fsp3) is 0.765.